The first-order chi connectivity index (χ1) is 19.3. The van der Waals surface area contributed by atoms with Gasteiger partial charge in [0, 0.05) is 23.1 Å². The van der Waals surface area contributed by atoms with Crippen LogP contribution in [-0.4, -0.2) is 44.3 Å². The maximum absolute atomic E-state index is 14.1. The zero-order valence-corrected chi connectivity index (χ0v) is 26.4. The van der Waals surface area contributed by atoms with Gasteiger partial charge in [0.1, 0.15) is 12.6 Å². The number of hydrogen-bond acceptors (Lipinski definition) is 4. The van der Waals surface area contributed by atoms with Crippen molar-refractivity contribution in [3.05, 3.63) is 93.5 Å². The van der Waals surface area contributed by atoms with E-state index in [0.717, 1.165) is 15.4 Å². The zero-order valence-electron chi connectivity index (χ0n) is 24.0. The molecule has 41 heavy (non-hydrogen) atoms. The van der Waals surface area contributed by atoms with Crippen LogP contribution in [0.2, 0.25) is 10.0 Å². The van der Waals surface area contributed by atoms with E-state index >= 15 is 0 Å². The van der Waals surface area contributed by atoms with Gasteiger partial charge in [-0.2, -0.15) is 0 Å². The molecule has 0 saturated heterocycles. The van der Waals surface area contributed by atoms with E-state index in [1.807, 2.05) is 40.7 Å². The highest BCUT2D eigenvalue weighted by Crippen LogP contribution is 2.27. The van der Waals surface area contributed by atoms with Crippen LogP contribution in [0.3, 0.4) is 0 Å². The Morgan fingerprint density at radius 3 is 2.20 bits per heavy atom. The standard InChI is InChI=1S/C31H37Cl2N3O4S/c1-6-29(31(38)34-18-21(2)3)35(19-24-12-13-25(32)17-28(24)33)30(37)20-36(26-9-7-8-23(5)16-26)41(39,40)27-14-10-22(4)11-15-27/h7-17,21,29H,6,18-20H2,1-5H3,(H,34,38)/t29-/m1/s1. The number of aryl methyl sites for hydroxylation is 2. The van der Waals surface area contributed by atoms with Crippen molar-refractivity contribution in [3.8, 4) is 0 Å². The van der Waals surface area contributed by atoms with Crippen molar-refractivity contribution in [1.82, 2.24) is 10.2 Å². The van der Waals surface area contributed by atoms with Crippen LogP contribution in [0.4, 0.5) is 5.69 Å². The van der Waals surface area contributed by atoms with Gasteiger partial charge >= 0.3 is 0 Å². The van der Waals surface area contributed by atoms with Gasteiger partial charge in [0.05, 0.1) is 10.6 Å². The third kappa shape index (κ3) is 8.47. The van der Waals surface area contributed by atoms with Crippen LogP contribution < -0.4 is 9.62 Å². The van der Waals surface area contributed by atoms with Crippen molar-refractivity contribution in [2.45, 2.75) is 58.5 Å². The normalized spacial score (nSPS) is 12.2. The van der Waals surface area contributed by atoms with Gasteiger partial charge < -0.3 is 10.2 Å². The summed E-state index contributed by atoms with van der Waals surface area (Å²) in [7, 11) is -4.14. The number of nitrogens with zero attached hydrogens (tertiary/aromatic N) is 2. The zero-order chi connectivity index (χ0) is 30.3. The van der Waals surface area contributed by atoms with Gasteiger partial charge in [-0.1, -0.05) is 79.9 Å². The minimum Gasteiger partial charge on any atom is -0.354 e. The summed E-state index contributed by atoms with van der Waals surface area (Å²) in [5.74, 6) is -0.648. The van der Waals surface area contributed by atoms with Gasteiger partial charge in [-0.05, 0) is 73.7 Å². The van der Waals surface area contributed by atoms with Crippen molar-refractivity contribution in [2.24, 2.45) is 5.92 Å². The predicted octanol–water partition coefficient (Wildman–Crippen LogP) is 6.39. The molecule has 220 valence electrons. The predicted molar refractivity (Wildman–Crippen MR) is 166 cm³/mol. The maximum Gasteiger partial charge on any atom is 0.264 e. The van der Waals surface area contributed by atoms with E-state index in [-0.39, 0.29) is 23.3 Å². The molecule has 3 aromatic rings. The molecule has 0 aromatic heterocycles. The number of halogens is 2. The molecule has 0 fully saturated rings. The summed E-state index contributed by atoms with van der Waals surface area (Å²) < 4.78 is 29.0. The first-order valence-corrected chi connectivity index (χ1v) is 15.7. The van der Waals surface area contributed by atoms with Crippen LogP contribution >= 0.6 is 23.2 Å². The van der Waals surface area contributed by atoms with Crippen molar-refractivity contribution in [2.75, 3.05) is 17.4 Å². The first kappa shape index (κ1) is 32.4. The van der Waals surface area contributed by atoms with Gasteiger partial charge in [0.2, 0.25) is 11.8 Å². The Hall–Kier alpha value is -3.07. The molecule has 0 aliphatic heterocycles. The highest BCUT2D eigenvalue weighted by atomic mass is 35.5. The van der Waals surface area contributed by atoms with E-state index in [1.54, 1.807) is 48.5 Å². The molecule has 1 atom stereocenters. The quantitative estimate of drug-likeness (QED) is 0.255. The van der Waals surface area contributed by atoms with Gasteiger partial charge in [-0.25, -0.2) is 8.42 Å². The average Bonchev–Trinajstić information content (AvgIpc) is 2.91. The molecule has 7 nitrogen and oxygen atoms in total. The second-order valence-corrected chi connectivity index (χ2v) is 13.2. The molecule has 3 rings (SSSR count). The van der Waals surface area contributed by atoms with Gasteiger partial charge in [-0.3, -0.25) is 13.9 Å². The molecule has 0 bridgehead atoms. The van der Waals surface area contributed by atoms with E-state index < -0.39 is 28.5 Å². The smallest absolute Gasteiger partial charge is 0.264 e. The lowest BCUT2D eigenvalue weighted by Crippen LogP contribution is -2.52. The monoisotopic (exact) mass is 617 g/mol. The fourth-order valence-electron chi connectivity index (χ4n) is 4.32. The van der Waals surface area contributed by atoms with E-state index in [2.05, 4.69) is 5.32 Å². The van der Waals surface area contributed by atoms with Crippen LogP contribution in [0, 0.1) is 19.8 Å². The number of carbonyl (C=O) groups excluding carboxylic acids is 2. The Morgan fingerprint density at radius 1 is 0.927 bits per heavy atom. The number of sulfonamides is 1. The van der Waals surface area contributed by atoms with E-state index in [9.17, 15) is 18.0 Å². The summed E-state index contributed by atoms with van der Waals surface area (Å²) in [5, 5.41) is 3.69. The first-order valence-electron chi connectivity index (χ1n) is 13.5. The summed E-state index contributed by atoms with van der Waals surface area (Å²) in [6.45, 7) is 9.41. The van der Waals surface area contributed by atoms with Crippen LogP contribution in [0.15, 0.2) is 71.6 Å². The molecule has 0 spiro atoms. The van der Waals surface area contributed by atoms with Crippen molar-refractivity contribution in [1.29, 1.82) is 0 Å². The summed E-state index contributed by atoms with van der Waals surface area (Å²) in [6.07, 6.45) is 0.316. The van der Waals surface area contributed by atoms with Gasteiger partial charge in [-0.15, -0.1) is 0 Å². The molecule has 0 unspecified atom stereocenters. The Bertz CT molecular complexity index is 1480. The molecule has 0 radical (unpaired) electrons. The highest BCUT2D eigenvalue weighted by Gasteiger charge is 2.34. The summed E-state index contributed by atoms with van der Waals surface area (Å²) in [4.78, 5) is 28.9. The lowest BCUT2D eigenvalue weighted by atomic mass is 10.1. The highest BCUT2D eigenvalue weighted by molar-refractivity contribution is 7.92. The number of carbonyl (C=O) groups is 2. The summed E-state index contributed by atoms with van der Waals surface area (Å²) in [5.41, 5.74) is 2.68. The van der Waals surface area contributed by atoms with Crippen molar-refractivity contribution >= 4 is 50.7 Å². The minimum atomic E-state index is -4.14. The van der Waals surface area contributed by atoms with E-state index in [1.165, 1.54) is 17.0 Å². The van der Waals surface area contributed by atoms with Crippen molar-refractivity contribution in [3.63, 3.8) is 0 Å². The Kier molecular flexibility index (Phi) is 11.2. The molecular weight excluding hydrogens is 581 g/mol. The molecule has 0 aliphatic rings. The number of hydrogen-bond donors (Lipinski definition) is 1. The third-order valence-electron chi connectivity index (χ3n) is 6.60. The third-order valence-corrected chi connectivity index (χ3v) is 8.98. The van der Waals surface area contributed by atoms with Gasteiger partial charge in [0.15, 0.2) is 0 Å². The lowest BCUT2D eigenvalue weighted by Gasteiger charge is -2.33. The van der Waals surface area contributed by atoms with E-state index in [0.29, 0.717) is 34.3 Å². The number of amides is 2. The lowest BCUT2D eigenvalue weighted by molar-refractivity contribution is -0.140. The van der Waals surface area contributed by atoms with Crippen LogP contribution in [-0.2, 0) is 26.2 Å². The molecule has 10 heteroatoms. The number of nitrogens with one attached hydrogen (secondary N) is 1. The molecule has 0 heterocycles. The fraction of sp³-hybridized carbons (Fsp3) is 0.355. The topological polar surface area (TPSA) is 86.8 Å². The van der Waals surface area contributed by atoms with E-state index in [4.69, 9.17) is 23.2 Å². The van der Waals surface area contributed by atoms with Crippen LogP contribution in [0.5, 0.6) is 0 Å². The minimum absolute atomic E-state index is 0.00528. The fourth-order valence-corrected chi connectivity index (χ4v) is 6.20. The SMILES string of the molecule is CC[C@H](C(=O)NCC(C)C)N(Cc1ccc(Cl)cc1Cl)C(=O)CN(c1cccc(C)c1)S(=O)(=O)c1ccc(C)cc1. The number of rotatable bonds is 12. The number of anilines is 1. The second kappa shape index (κ2) is 14.2. The van der Waals surface area contributed by atoms with Crippen molar-refractivity contribution < 1.29 is 18.0 Å². The van der Waals surface area contributed by atoms with Crippen LogP contribution in [0.25, 0.3) is 0 Å². The Morgan fingerprint density at radius 2 is 1.61 bits per heavy atom. The molecule has 0 saturated carbocycles. The molecule has 0 aliphatic carbocycles. The largest absolute Gasteiger partial charge is 0.354 e. The molecule has 1 N–H and O–H groups in total. The second-order valence-electron chi connectivity index (χ2n) is 10.5. The Balaban J connectivity index is 2.07. The average molecular weight is 619 g/mol. The Labute approximate surface area is 253 Å². The summed E-state index contributed by atoms with van der Waals surface area (Å²) in [6, 6.07) is 17.5. The maximum atomic E-state index is 14.1. The molecular formula is C31H37Cl2N3O4S. The van der Waals surface area contributed by atoms with Crippen LogP contribution in [0.1, 0.15) is 43.9 Å². The molecule has 2 amide bonds. The number of benzene rings is 3. The summed E-state index contributed by atoms with van der Waals surface area (Å²) >= 11 is 12.6. The van der Waals surface area contributed by atoms with Gasteiger partial charge in [0.25, 0.3) is 10.0 Å². The molecule has 3 aromatic carbocycles.